The number of nitrogens with one attached hydrogen (secondary N) is 1. The van der Waals surface area contributed by atoms with Crippen LogP contribution in [-0.4, -0.2) is 50.5 Å². The number of amides is 2. The molecule has 2 rings (SSSR count). The van der Waals surface area contributed by atoms with Crippen LogP contribution in [0.25, 0.3) is 0 Å². The summed E-state index contributed by atoms with van der Waals surface area (Å²) in [5.41, 5.74) is 2.11. The summed E-state index contributed by atoms with van der Waals surface area (Å²) >= 11 is 3.42. The van der Waals surface area contributed by atoms with Crippen molar-refractivity contribution in [3.8, 4) is 0 Å². The molecule has 1 N–H and O–H groups in total. The maximum Gasteiger partial charge on any atom is 0.244 e. The Morgan fingerprint density at radius 1 is 1.09 bits per heavy atom. The maximum absolute atomic E-state index is 13.6. The van der Waals surface area contributed by atoms with E-state index in [4.69, 9.17) is 0 Å². The van der Waals surface area contributed by atoms with Gasteiger partial charge in [-0.3, -0.25) is 13.9 Å². The number of anilines is 1. The molecule has 186 valence electrons. The van der Waals surface area contributed by atoms with Gasteiger partial charge in [-0.1, -0.05) is 66.5 Å². The van der Waals surface area contributed by atoms with Gasteiger partial charge in [-0.15, -0.1) is 0 Å². The quantitative estimate of drug-likeness (QED) is 0.399. The van der Waals surface area contributed by atoms with E-state index in [1.54, 1.807) is 18.2 Å². The number of unbranched alkanes of at least 4 members (excludes halogenated alkanes) is 1. The fraction of sp³-hybridized carbons (Fsp3) is 0.440. The predicted octanol–water partition coefficient (Wildman–Crippen LogP) is 4.25. The Balaban J connectivity index is 2.39. The number of rotatable bonds is 12. The van der Waals surface area contributed by atoms with Crippen molar-refractivity contribution in [2.75, 3.05) is 23.7 Å². The third-order valence-corrected chi connectivity index (χ3v) is 7.55. The SMILES string of the molecule is CCCCNC(=O)[C@@H](CC)N(Cc1ccccc1)C(=O)CN(c1ccc(Br)c(C)c1)S(C)(=O)=O. The van der Waals surface area contributed by atoms with Crippen LogP contribution in [0.2, 0.25) is 0 Å². The van der Waals surface area contributed by atoms with Crippen LogP contribution >= 0.6 is 15.9 Å². The Kier molecular flexibility index (Phi) is 10.6. The summed E-state index contributed by atoms with van der Waals surface area (Å²) in [7, 11) is -3.75. The van der Waals surface area contributed by atoms with Gasteiger partial charge in [0.2, 0.25) is 21.8 Å². The van der Waals surface area contributed by atoms with Crippen LogP contribution in [0, 0.1) is 6.92 Å². The number of benzene rings is 2. The highest BCUT2D eigenvalue weighted by atomic mass is 79.9. The molecule has 0 aliphatic rings. The zero-order valence-electron chi connectivity index (χ0n) is 20.3. The van der Waals surface area contributed by atoms with E-state index in [2.05, 4.69) is 21.2 Å². The van der Waals surface area contributed by atoms with Gasteiger partial charge < -0.3 is 10.2 Å². The Morgan fingerprint density at radius 3 is 2.32 bits per heavy atom. The lowest BCUT2D eigenvalue weighted by Crippen LogP contribution is -2.52. The molecule has 0 heterocycles. The summed E-state index contributed by atoms with van der Waals surface area (Å²) in [5, 5.41) is 2.91. The molecule has 2 aromatic rings. The number of halogens is 1. The number of carbonyl (C=O) groups excluding carboxylic acids is 2. The van der Waals surface area contributed by atoms with Crippen LogP contribution in [0.3, 0.4) is 0 Å². The molecule has 0 saturated carbocycles. The topological polar surface area (TPSA) is 86.8 Å². The van der Waals surface area contributed by atoms with Gasteiger partial charge in [0, 0.05) is 17.6 Å². The molecule has 2 amide bonds. The first kappa shape index (κ1) is 27.9. The van der Waals surface area contributed by atoms with Crippen LogP contribution in [0.15, 0.2) is 53.0 Å². The van der Waals surface area contributed by atoms with Crippen molar-refractivity contribution < 1.29 is 18.0 Å². The van der Waals surface area contributed by atoms with Crippen LogP contribution < -0.4 is 9.62 Å². The van der Waals surface area contributed by atoms with Crippen LogP contribution in [-0.2, 0) is 26.2 Å². The van der Waals surface area contributed by atoms with E-state index in [9.17, 15) is 18.0 Å². The van der Waals surface area contributed by atoms with Crippen molar-refractivity contribution in [3.05, 3.63) is 64.1 Å². The average Bonchev–Trinajstić information content (AvgIpc) is 2.79. The van der Waals surface area contributed by atoms with Crippen LogP contribution in [0.5, 0.6) is 0 Å². The van der Waals surface area contributed by atoms with Gasteiger partial charge in [0.15, 0.2) is 0 Å². The van der Waals surface area contributed by atoms with Crippen molar-refractivity contribution in [2.45, 2.75) is 52.6 Å². The van der Waals surface area contributed by atoms with Gasteiger partial charge in [-0.25, -0.2) is 8.42 Å². The molecule has 7 nitrogen and oxygen atoms in total. The van der Waals surface area contributed by atoms with Gasteiger partial charge in [-0.2, -0.15) is 0 Å². The lowest BCUT2D eigenvalue weighted by molar-refractivity contribution is -0.140. The van der Waals surface area contributed by atoms with Crippen molar-refractivity contribution in [1.29, 1.82) is 0 Å². The summed E-state index contributed by atoms with van der Waals surface area (Å²) in [6.45, 7) is 6.08. The Morgan fingerprint density at radius 2 is 1.76 bits per heavy atom. The number of nitrogens with zero attached hydrogens (tertiary/aromatic N) is 2. The fourth-order valence-electron chi connectivity index (χ4n) is 3.60. The van der Waals surface area contributed by atoms with Crippen molar-refractivity contribution in [1.82, 2.24) is 10.2 Å². The van der Waals surface area contributed by atoms with Gasteiger partial charge in [0.1, 0.15) is 12.6 Å². The lowest BCUT2D eigenvalue weighted by Gasteiger charge is -2.33. The molecule has 0 aliphatic carbocycles. The highest BCUT2D eigenvalue weighted by Crippen LogP contribution is 2.25. The Labute approximate surface area is 211 Å². The fourth-order valence-corrected chi connectivity index (χ4v) is 4.69. The summed E-state index contributed by atoms with van der Waals surface area (Å²) in [4.78, 5) is 28.1. The van der Waals surface area contributed by atoms with Crippen LogP contribution in [0.4, 0.5) is 5.69 Å². The van der Waals surface area contributed by atoms with Crippen molar-refractivity contribution in [2.24, 2.45) is 0 Å². The summed E-state index contributed by atoms with van der Waals surface area (Å²) in [5.74, 6) is -0.669. The lowest BCUT2D eigenvalue weighted by atomic mass is 10.1. The second-order valence-corrected chi connectivity index (χ2v) is 11.0. The van der Waals surface area contributed by atoms with Gasteiger partial charge in [0.05, 0.1) is 11.9 Å². The molecule has 34 heavy (non-hydrogen) atoms. The van der Waals surface area contributed by atoms with Gasteiger partial charge in [0.25, 0.3) is 0 Å². The Hall–Kier alpha value is -2.39. The smallest absolute Gasteiger partial charge is 0.244 e. The van der Waals surface area contributed by atoms with Crippen LogP contribution in [0.1, 0.15) is 44.2 Å². The minimum atomic E-state index is -3.75. The zero-order valence-corrected chi connectivity index (χ0v) is 22.7. The molecule has 0 radical (unpaired) electrons. The molecule has 0 unspecified atom stereocenters. The highest BCUT2D eigenvalue weighted by molar-refractivity contribution is 9.10. The average molecular weight is 553 g/mol. The molecule has 1 atom stereocenters. The maximum atomic E-state index is 13.6. The van der Waals surface area contributed by atoms with E-state index < -0.39 is 28.5 Å². The minimum Gasteiger partial charge on any atom is -0.354 e. The normalized spacial score (nSPS) is 12.1. The van der Waals surface area contributed by atoms with Gasteiger partial charge >= 0.3 is 0 Å². The first-order valence-corrected chi connectivity index (χ1v) is 14.1. The van der Waals surface area contributed by atoms with E-state index >= 15 is 0 Å². The second kappa shape index (κ2) is 12.9. The summed E-state index contributed by atoms with van der Waals surface area (Å²) in [6.07, 6.45) is 3.28. The molecule has 0 saturated heterocycles. The molecule has 0 aromatic heterocycles. The van der Waals surface area contributed by atoms with Gasteiger partial charge in [-0.05, 0) is 49.1 Å². The number of aryl methyl sites for hydroxylation is 1. The molecule has 2 aromatic carbocycles. The molecule has 0 spiro atoms. The van der Waals surface area contributed by atoms with E-state index in [1.807, 2.05) is 51.1 Å². The number of carbonyl (C=O) groups is 2. The standard InChI is InChI=1S/C25H34BrN3O4S/c1-5-7-15-27-25(31)23(6-2)28(17-20-11-9-8-10-12-20)24(30)18-29(34(4,32)33)21-13-14-22(26)19(3)16-21/h8-14,16,23H,5-7,15,17-18H2,1-4H3,(H,27,31)/t23-/m1/s1. The third-order valence-electron chi connectivity index (χ3n) is 5.52. The Bertz CT molecular complexity index is 1080. The predicted molar refractivity (Wildman–Crippen MR) is 140 cm³/mol. The molecular formula is C25H34BrN3O4S. The number of hydrogen-bond acceptors (Lipinski definition) is 4. The molecule has 0 aliphatic heterocycles. The van der Waals surface area contributed by atoms with E-state index in [0.29, 0.717) is 18.7 Å². The zero-order chi connectivity index (χ0) is 25.3. The molecule has 0 bridgehead atoms. The highest BCUT2D eigenvalue weighted by Gasteiger charge is 2.31. The largest absolute Gasteiger partial charge is 0.354 e. The third kappa shape index (κ3) is 7.84. The number of hydrogen-bond donors (Lipinski definition) is 1. The number of sulfonamides is 1. The van der Waals surface area contributed by atoms with E-state index in [1.165, 1.54) is 4.90 Å². The summed E-state index contributed by atoms with van der Waals surface area (Å²) in [6, 6.07) is 13.8. The summed E-state index contributed by atoms with van der Waals surface area (Å²) < 4.78 is 27.2. The molecule has 0 fully saturated rings. The van der Waals surface area contributed by atoms with E-state index in [0.717, 1.165) is 39.0 Å². The molecule has 9 heteroatoms. The first-order chi connectivity index (χ1) is 16.1. The second-order valence-electron chi connectivity index (χ2n) is 8.28. The monoisotopic (exact) mass is 551 g/mol. The van der Waals surface area contributed by atoms with Crippen molar-refractivity contribution >= 4 is 43.5 Å². The van der Waals surface area contributed by atoms with E-state index in [-0.39, 0.29) is 12.5 Å². The molecular weight excluding hydrogens is 518 g/mol. The van der Waals surface area contributed by atoms with Crippen molar-refractivity contribution in [3.63, 3.8) is 0 Å². The minimum absolute atomic E-state index is 0.205. The first-order valence-electron chi connectivity index (χ1n) is 11.4.